The Morgan fingerprint density at radius 3 is 2.44 bits per heavy atom. The first-order valence-electron chi connectivity index (χ1n) is 7.15. The number of amides is 1. The van der Waals surface area contributed by atoms with E-state index in [1.165, 1.54) is 25.7 Å². The van der Waals surface area contributed by atoms with E-state index in [2.05, 4.69) is 6.92 Å². The number of hydrogen-bond acceptors (Lipinski definition) is 2. The fourth-order valence-electron chi connectivity index (χ4n) is 2.40. The molecule has 4 heteroatoms. The van der Waals surface area contributed by atoms with Gasteiger partial charge < -0.3 is 10.0 Å². The van der Waals surface area contributed by atoms with Crippen LogP contribution in [0.1, 0.15) is 58.3 Å². The molecular formula is C14H25NO3. The van der Waals surface area contributed by atoms with Crippen molar-refractivity contribution in [2.45, 2.75) is 58.3 Å². The lowest BCUT2D eigenvalue weighted by Gasteiger charge is -2.15. The Labute approximate surface area is 109 Å². The average Bonchev–Trinajstić information content (AvgIpc) is 2.83. The molecule has 1 rings (SSSR count). The molecule has 1 atom stereocenters. The minimum absolute atomic E-state index is 0.134. The van der Waals surface area contributed by atoms with Crippen LogP contribution in [0.15, 0.2) is 0 Å². The van der Waals surface area contributed by atoms with Crippen molar-refractivity contribution < 1.29 is 14.7 Å². The van der Waals surface area contributed by atoms with Crippen LogP contribution < -0.4 is 0 Å². The SMILES string of the molecule is CCCCCCCCC(=O)N1CCC(C(=O)O)C1. The molecule has 4 nitrogen and oxygen atoms in total. The number of rotatable bonds is 8. The fourth-order valence-corrected chi connectivity index (χ4v) is 2.40. The van der Waals surface area contributed by atoms with E-state index in [0.29, 0.717) is 25.9 Å². The summed E-state index contributed by atoms with van der Waals surface area (Å²) in [6, 6.07) is 0. The van der Waals surface area contributed by atoms with E-state index in [1.54, 1.807) is 4.90 Å². The highest BCUT2D eigenvalue weighted by Gasteiger charge is 2.30. The van der Waals surface area contributed by atoms with Crippen LogP contribution in [0.25, 0.3) is 0 Å². The average molecular weight is 255 g/mol. The zero-order valence-electron chi connectivity index (χ0n) is 11.4. The number of likely N-dealkylation sites (tertiary alicyclic amines) is 1. The van der Waals surface area contributed by atoms with Crippen molar-refractivity contribution >= 4 is 11.9 Å². The van der Waals surface area contributed by atoms with Gasteiger partial charge in [0.1, 0.15) is 0 Å². The molecule has 1 fully saturated rings. The largest absolute Gasteiger partial charge is 0.481 e. The van der Waals surface area contributed by atoms with Gasteiger partial charge in [0.2, 0.25) is 5.91 Å². The van der Waals surface area contributed by atoms with Crippen molar-refractivity contribution in [3.63, 3.8) is 0 Å². The fraction of sp³-hybridized carbons (Fsp3) is 0.857. The van der Waals surface area contributed by atoms with Crippen LogP contribution in [0.2, 0.25) is 0 Å². The Balaban J connectivity index is 2.09. The van der Waals surface area contributed by atoms with Gasteiger partial charge >= 0.3 is 5.97 Å². The van der Waals surface area contributed by atoms with E-state index in [1.807, 2.05) is 0 Å². The van der Waals surface area contributed by atoms with Gasteiger partial charge in [-0.15, -0.1) is 0 Å². The normalized spacial score (nSPS) is 19.2. The number of carbonyl (C=O) groups is 2. The first-order valence-corrected chi connectivity index (χ1v) is 7.15. The third kappa shape index (κ3) is 5.07. The van der Waals surface area contributed by atoms with E-state index >= 15 is 0 Å². The molecule has 104 valence electrons. The topological polar surface area (TPSA) is 57.6 Å². The van der Waals surface area contributed by atoms with Crippen molar-refractivity contribution in [2.24, 2.45) is 5.92 Å². The summed E-state index contributed by atoms with van der Waals surface area (Å²) in [5.41, 5.74) is 0. The summed E-state index contributed by atoms with van der Waals surface area (Å²) in [5, 5.41) is 8.87. The Hall–Kier alpha value is -1.06. The van der Waals surface area contributed by atoms with Gasteiger partial charge in [-0.3, -0.25) is 9.59 Å². The summed E-state index contributed by atoms with van der Waals surface area (Å²) in [7, 11) is 0. The van der Waals surface area contributed by atoms with Crippen molar-refractivity contribution in [2.75, 3.05) is 13.1 Å². The number of carboxylic acid groups (broad SMARTS) is 1. The van der Waals surface area contributed by atoms with Crippen LogP contribution in [0.3, 0.4) is 0 Å². The predicted octanol–water partition coefficient (Wildman–Crippen LogP) is 2.67. The number of carboxylic acids is 1. The summed E-state index contributed by atoms with van der Waals surface area (Å²) < 4.78 is 0. The lowest BCUT2D eigenvalue weighted by molar-refractivity contribution is -0.141. The van der Waals surface area contributed by atoms with Crippen LogP contribution in [0.4, 0.5) is 0 Å². The van der Waals surface area contributed by atoms with Crippen molar-refractivity contribution in [3.05, 3.63) is 0 Å². The smallest absolute Gasteiger partial charge is 0.308 e. The number of nitrogens with zero attached hydrogens (tertiary/aromatic N) is 1. The molecule has 1 aliphatic heterocycles. The molecule has 1 unspecified atom stereocenters. The van der Waals surface area contributed by atoms with E-state index in [0.717, 1.165) is 12.8 Å². The van der Waals surface area contributed by atoms with Crippen LogP contribution in [-0.4, -0.2) is 35.0 Å². The monoisotopic (exact) mass is 255 g/mol. The second kappa shape index (κ2) is 8.11. The molecule has 0 aromatic heterocycles. The summed E-state index contributed by atoms with van der Waals surface area (Å²) in [6.45, 7) is 3.21. The second-order valence-corrected chi connectivity index (χ2v) is 5.18. The minimum Gasteiger partial charge on any atom is -0.481 e. The number of hydrogen-bond donors (Lipinski definition) is 1. The van der Waals surface area contributed by atoms with Gasteiger partial charge in [0.05, 0.1) is 5.92 Å². The van der Waals surface area contributed by atoms with E-state index in [-0.39, 0.29) is 11.8 Å². The first-order chi connectivity index (χ1) is 8.65. The molecule has 0 saturated carbocycles. The summed E-state index contributed by atoms with van der Waals surface area (Å²) in [4.78, 5) is 24.3. The van der Waals surface area contributed by atoms with Crippen molar-refractivity contribution in [3.8, 4) is 0 Å². The van der Waals surface area contributed by atoms with Gasteiger partial charge in [-0.05, 0) is 12.8 Å². The van der Waals surface area contributed by atoms with Gasteiger partial charge in [0, 0.05) is 19.5 Å². The third-order valence-corrected chi connectivity index (χ3v) is 3.63. The molecule has 0 aromatic carbocycles. The molecule has 1 saturated heterocycles. The summed E-state index contributed by atoms with van der Waals surface area (Å²) >= 11 is 0. The Morgan fingerprint density at radius 1 is 1.17 bits per heavy atom. The highest BCUT2D eigenvalue weighted by Crippen LogP contribution is 2.18. The zero-order valence-corrected chi connectivity index (χ0v) is 11.4. The van der Waals surface area contributed by atoms with E-state index in [4.69, 9.17) is 5.11 Å². The van der Waals surface area contributed by atoms with Crippen LogP contribution >= 0.6 is 0 Å². The van der Waals surface area contributed by atoms with Crippen LogP contribution in [0.5, 0.6) is 0 Å². The molecule has 0 radical (unpaired) electrons. The van der Waals surface area contributed by atoms with E-state index in [9.17, 15) is 9.59 Å². The molecule has 0 aliphatic carbocycles. The van der Waals surface area contributed by atoms with Gasteiger partial charge in [-0.1, -0.05) is 39.0 Å². The van der Waals surface area contributed by atoms with Crippen LogP contribution in [-0.2, 0) is 9.59 Å². The second-order valence-electron chi connectivity index (χ2n) is 5.18. The first kappa shape index (κ1) is 15.0. The van der Waals surface area contributed by atoms with Crippen molar-refractivity contribution in [1.82, 2.24) is 4.90 Å². The number of carbonyl (C=O) groups excluding carboxylic acids is 1. The maximum atomic E-state index is 11.8. The lowest BCUT2D eigenvalue weighted by atomic mass is 10.1. The zero-order chi connectivity index (χ0) is 13.4. The van der Waals surface area contributed by atoms with Gasteiger partial charge in [0.15, 0.2) is 0 Å². The summed E-state index contributed by atoms with van der Waals surface area (Å²) in [5.74, 6) is -0.988. The molecule has 1 amide bonds. The minimum atomic E-state index is -0.773. The molecule has 0 aromatic rings. The van der Waals surface area contributed by atoms with Crippen LogP contribution in [0, 0.1) is 5.92 Å². The molecule has 1 aliphatic rings. The predicted molar refractivity (Wildman–Crippen MR) is 70.3 cm³/mol. The quantitative estimate of drug-likeness (QED) is 0.678. The number of unbranched alkanes of at least 4 members (excludes halogenated alkanes) is 5. The molecular weight excluding hydrogens is 230 g/mol. The standard InChI is InChI=1S/C14H25NO3/c1-2-3-4-5-6-7-8-13(16)15-10-9-12(11-15)14(17)18/h12H,2-11H2,1H3,(H,17,18). The van der Waals surface area contributed by atoms with Gasteiger partial charge in [-0.25, -0.2) is 0 Å². The maximum absolute atomic E-state index is 11.8. The van der Waals surface area contributed by atoms with Gasteiger partial charge in [0.25, 0.3) is 0 Å². The highest BCUT2D eigenvalue weighted by molar-refractivity contribution is 5.78. The number of aliphatic carboxylic acids is 1. The molecule has 18 heavy (non-hydrogen) atoms. The van der Waals surface area contributed by atoms with E-state index < -0.39 is 5.97 Å². The Kier molecular flexibility index (Phi) is 6.76. The Morgan fingerprint density at radius 2 is 1.83 bits per heavy atom. The van der Waals surface area contributed by atoms with Gasteiger partial charge in [-0.2, -0.15) is 0 Å². The third-order valence-electron chi connectivity index (χ3n) is 3.63. The van der Waals surface area contributed by atoms with Crippen molar-refractivity contribution in [1.29, 1.82) is 0 Å². The molecule has 0 spiro atoms. The Bertz CT molecular complexity index is 278. The highest BCUT2D eigenvalue weighted by atomic mass is 16.4. The molecule has 1 heterocycles. The molecule has 0 bridgehead atoms. The summed E-state index contributed by atoms with van der Waals surface area (Å²) in [6.07, 6.45) is 8.23. The molecule has 1 N–H and O–H groups in total. The lowest BCUT2D eigenvalue weighted by Crippen LogP contribution is -2.29. The maximum Gasteiger partial charge on any atom is 0.308 e.